The fraction of sp³-hybridized carbons (Fsp3) is 0.536. The number of cyclic esters (lactones) is 1. The molecule has 2 aliphatic heterocycles. The maximum Gasteiger partial charge on any atom is 0.414 e. The molecule has 2 aliphatic rings. The third-order valence-electron chi connectivity index (χ3n) is 6.95. The molecule has 3 rings (SSSR count). The van der Waals surface area contributed by atoms with E-state index in [-0.39, 0.29) is 42.8 Å². The zero-order chi connectivity index (χ0) is 27.7. The maximum atomic E-state index is 13.0. The van der Waals surface area contributed by atoms with Gasteiger partial charge in [0.25, 0.3) is 5.91 Å². The number of fused-ring (bicyclic) bond motifs is 1. The van der Waals surface area contributed by atoms with Crippen molar-refractivity contribution in [1.29, 1.82) is 0 Å². The van der Waals surface area contributed by atoms with E-state index in [4.69, 9.17) is 9.47 Å². The molecule has 1 aromatic rings. The summed E-state index contributed by atoms with van der Waals surface area (Å²) in [5, 5.41) is 13.6. The lowest BCUT2D eigenvalue weighted by molar-refractivity contribution is -0.148. The molecule has 0 spiro atoms. The van der Waals surface area contributed by atoms with Gasteiger partial charge in [0, 0.05) is 42.9 Å². The van der Waals surface area contributed by atoms with Crippen molar-refractivity contribution in [3.63, 3.8) is 0 Å². The van der Waals surface area contributed by atoms with Crippen LogP contribution >= 0.6 is 0 Å². The van der Waals surface area contributed by atoms with Crippen LogP contribution < -0.4 is 15.7 Å². The van der Waals surface area contributed by atoms with Crippen LogP contribution in [-0.2, 0) is 25.7 Å². The molecule has 1 unspecified atom stereocenters. The quantitative estimate of drug-likeness (QED) is 0.195. The van der Waals surface area contributed by atoms with E-state index in [1.165, 1.54) is 6.08 Å². The number of ether oxygens (including phenoxy) is 2. The van der Waals surface area contributed by atoms with Gasteiger partial charge >= 0.3 is 12.1 Å². The van der Waals surface area contributed by atoms with Crippen molar-refractivity contribution >= 4 is 23.7 Å². The normalized spacial score (nSPS) is 18.7. The second-order valence-corrected chi connectivity index (χ2v) is 9.88. The summed E-state index contributed by atoms with van der Waals surface area (Å²) in [6, 6.07) is 7.11. The predicted octanol–water partition coefficient (Wildman–Crippen LogP) is 3.27. The summed E-state index contributed by atoms with van der Waals surface area (Å²) >= 11 is 0. The zero-order valence-electron chi connectivity index (χ0n) is 22.6. The number of carbonyl (C=O) groups excluding carboxylic acids is 3. The van der Waals surface area contributed by atoms with E-state index < -0.39 is 17.9 Å². The largest absolute Gasteiger partial charge is 0.788 e. The minimum absolute atomic E-state index is 0.0129. The minimum Gasteiger partial charge on any atom is -0.788 e. The lowest BCUT2D eigenvalue weighted by atomic mass is 9.99. The van der Waals surface area contributed by atoms with Gasteiger partial charge < -0.3 is 25.5 Å². The van der Waals surface area contributed by atoms with E-state index >= 15 is 0 Å². The Labute approximate surface area is 224 Å². The number of rotatable bonds is 11. The van der Waals surface area contributed by atoms with Crippen molar-refractivity contribution in [2.24, 2.45) is 5.92 Å². The Morgan fingerprint density at radius 2 is 1.92 bits per heavy atom. The molecule has 0 aliphatic carbocycles. The molecule has 208 valence electrons. The van der Waals surface area contributed by atoms with E-state index in [9.17, 15) is 19.6 Å². The standard InChI is InChI=1S/C28H39N4O6/c1-5-37-27(34)25(19(2)3)30-26(33)21(12-15-29-36)11-10-20(4)31-16-13-23(14-17-31)32-24-9-7-6-8-22(24)18-38-28(32)35/h6-12,19-20,23,25,29H,5,13-18H2,1-4H3,(H,30,33)/q-1/b11-10-,21-12+/t20?,25-/m0/s1. The van der Waals surface area contributed by atoms with Crippen LogP contribution in [0.1, 0.15) is 46.1 Å². The monoisotopic (exact) mass is 527 g/mol. The van der Waals surface area contributed by atoms with Crippen LogP contribution in [0.3, 0.4) is 0 Å². The molecule has 10 heteroatoms. The second kappa shape index (κ2) is 14.1. The Bertz CT molecular complexity index is 1030. The van der Waals surface area contributed by atoms with Gasteiger partial charge in [-0.15, -0.1) is 0 Å². The molecule has 10 nitrogen and oxygen atoms in total. The van der Waals surface area contributed by atoms with Crippen LogP contribution in [0.25, 0.3) is 0 Å². The fourth-order valence-electron chi connectivity index (χ4n) is 4.78. The number of hydroxylamine groups is 1. The summed E-state index contributed by atoms with van der Waals surface area (Å²) in [4.78, 5) is 41.9. The van der Waals surface area contributed by atoms with Crippen LogP contribution in [0.2, 0.25) is 0 Å². The van der Waals surface area contributed by atoms with Gasteiger partial charge in [-0.05, 0) is 38.7 Å². The van der Waals surface area contributed by atoms with Gasteiger partial charge in [-0.25, -0.2) is 9.59 Å². The van der Waals surface area contributed by atoms with Crippen molar-refractivity contribution in [3.8, 4) is 0 Å². The number of hydrogen-bond donors (Lipinski definition) is 2. The highest BCUT2D eigenvalue weighted by atomic mass is 16.6. The smallest absolute Gasteiger partial charge is 0.414 e. The minimum atomic E-state index is -0.789. The highest BCUT2D eigenvalue weighted by Gasteiger charge is 2.34. The number of carbonyl (C=O) groups is 3. The number of piperidine rings is 1. The maximum absolute atomic E-state index is 13.0. The lowest BCUT2D eigenvalue weighted by Crippen LogP contribution is -2.50. The van der Waals surface area contributed by atoms with Gasteiger partial charge in [0.05, 0.1) is 12.3 Å². The average molecular weight is 528 g/mol. The molecule has 0 radical (unpaired) electrons. The van der Waals surface area contributed by atoms with Crippen molar-refractivity contribution in [3.05, 3.63) is 58.8 Å². The Balaban J connectivity index is 1.62. The van der Waals surface area contributed by atoms with Gasteiger partial charge in [0.2, 0.25) is 0 Å². The summed E-state index contributed by atoms with van der Waals surface area (Å²) in [7, 11) is 0. The second-order valence-electron chi connectivity index (χ2n) is 9.88. The lowest BCUT2D eigenvalue weighted by Gasteiger charge is -2.41. The van der Waals surface area contributed by atoms with Gasteiger partial charge in [-0.3, -0.25) is 14.6 Å². The number of hydrogen-bond acceptors (Lipinski definition) is 8. The third kappa shape index (κ3) is 7.43. The summed E-state index contributed by atoms with van der Waals surface area (Å²) < 4.78 is 10.5. The molecule has 0 saturated carbocycles. The zero-order valence-corrected chi connectivity index (χ0v) is 22.6. The number of likely N-dealkylation sites (tertiary alicyclic amines) is 1. The van der Waals surface area contributed by atoms with E-state index in [2.05, 4.69) is 10.2 Å². The number of benzene rings is 1. The molecule has 0 aromatic heterocycles. The summed E-state index contributed by atoms with van der Waals surface area (Å²) in [5.41, 5.74) is 4.01. The number of esters is 1. The van der Waals surface area contributed by atoms with Crippen LogP contribution in [0.5, 0.6) is 0 Å². The van der Waals surface area contributed by atoms with Gasteiger partial charge in [-0.1, -0.05) is 50.3 Å². The first-order valence-corrected chi connectivity index (χ1v) is 13.3. The van der Waals surface area contributed by atoms with Crippen LogP contribution in [0.4, 0.5) is 10.5 Å². The highest BCUT2D eigenvalue weighted by Crippen LogP contribution is 2.32. The van der Waals surface area contributed by atoms with Gasteiger partial charge in [0.1, 0.15) is 12.6 Å². The number of para-hydroxylation sites is 1. The Hall–Kier alpha value is -3.21. The van der Waals surface area contributed by atoms with Gasteiger partial charge in [0.15, 0.2) is 0 Å². The molecule has 2 heterocycles. The Kier molecular flexibility index (Phi) is 10.9. The number of amides is 2. The van der Waals surface area contributed by atoms with E-state index in [0.717, 1.165) is 37.2 Å². The summed E-state index contributed by atoms with van der Waals surface area (Å²) in [5.74, 6) is -1.10. The average Bonchev–Trinajstić information content (AvgIpc) is 2.91. The molecule has 38 heavy (non-hydrogen) atoms. The number of anilines is 1. The van der Waals surface area contributed by atoms with Crippen LogP contribution in [0.15, 0.2) is 48.1 Å². The highest BCUT2D eigenvalue weighted by molar-refractivity contribution is 5.98. The molecule has 1 saturated heterocycles. The van der Waals surface area contributed by atoms with Crippen LogP contribution in [-0.4, -0.2) is 67.2 Å². The summed E-state index contributed by atoms with van der Waals surface area (Å²) in [6.07, 6.45) is 6.38. The van der Waals surface area contributed by atoms with Crippen molar-refractivity contribution in [2.75, 3.05) is 31.1 Å². The fourth-order valence-corrected chi connectivity index (χ4v) is 4.78. The van der Waals surface area contributed by atoms with E-state index in [1.807, 2.05) is 51.1 Å². The Morgan fingerprint density at radius 3 is 2.58 bits per heavy atom. The number of nitrogens with one attached hydrogen (secondary N) is 2. The molecule has 2 amide bonds. The van der Waals surface area contributed by atoms with E-state index in [0.29, 0.717) is 6.61 Å². The first-order chi connectivity index (χ1) is 18.3. The Morgan fingerprint density at radius 1 is 1.21 bits per heavy atom. The molecule has 1 aromatic carbocycles. The summed E-state index contributed by atoms with van der Waals surface area (Å²) in [6.45, 7) is 9.44. The topological polar surface area (TPSA) is 123 Å². The molecular weight excluding hydrogens is 488 g/mol. The molecule has 2 N–H and O–H groups in total. The van der Waals surface area contributed by atoms with Crippen molar-refractivity contribution in [2.45, 2.75) is 65.3 Å². The van der Waals surface area contributed by atoms with Crippen LogP contribution in [0, 0.1) is 11.1 Å². The van der Waals surface area contributed by atoms with Crippen molar-refractivity contribution in [1.82, 2.24) is 15.7 Å². The molecule has 1 fully saturated rings. The third-order valence-corrected chi connectivity index (χ3v) is 6.95. The van der Waals surface area contributed by atoms with Gasteiger partial charge in [-0.2, -0.15) is 0 Å². The molecule has 2 atom stereocenters. The molecular formula is C28H39N4O6-. The first kappa shape index (κ1) is 29.3. The van der Waals surface area contributed by atoms with Crippen molar-refractivity contribution < 1.29 is 23.9 Å². The first-order valence-electron chi connectivity index (χ1n) is 13.3. The number of nitrogens with zero attached hydrogens (tertiary/aromatic N) is 2. The SMILES string of the molecule is CCOC(=O)[C@@H](NC(=O)C(/C=C\C(C)N1CCC(N2C(=O)OCc3ccccc32)CC1)=C/CN[O-])C(C)C. The predicted molar refractivity (Wildman–Crippen MR) is 145 cm³/mol. The molecule has 0 bridgehead atoms. The van der Waals surface area contributed by atoms with E-state index in [1.54, 1.807) is 23.4 Å².